The number of carbonyl (C=O) groups is 2. The summed E-state index contributed by atoms with van der Waals surface area (Å²) in [6, 6.07) is 5.83. The largest absolute Gasteiger partial charge is 0.481 e. The molecule has 2 atom stereocenters. The number of amides is 1. The molecular weight excluding hydrogens is 328 g/mol. The van der Waals surface area contributed by atoms with Crippen LogP contribution in [0.4, 0.5) is 0 Å². The first-order valence-corrected chi connectivity index (χ1v) is 9.71. The number of aryl methyl sites for hydroxylation is 2. The minimum atomic E-state index is -0.794. The summed E-state index contributed by atoms with van der Waals surface area (Å²) in [5.74, 6) is 0.0139. The molecule has 2 heterocycles. The summed E-state index contributed by atoms with van der Waals surface area (Å²) in [5, 5.41) is 9.99. The van der Waals surface area contributed by atoms with Crippen LogP contribution < -0.4 is 0 Å². The maximum atomic E-state index is 13.0. The van der Waals surface area contributed by atoms with Crippen molar-refractivity contribution in [2.45, 2.75) is 33.1 Å². The van der Waals surface area contributed by atoms with E-state index in [2.05, 4.69) is 4.90 Å². The Morgan fingerprint density at radius 2 is 1.96 bits per heavy atom. The molecule has 0 unspecified atom stereocenters. The van der Waals surface area contributed by atoms with Gasteiger partial charge in [-0.1, -0.05) is 24.1 Å². The molecule has 1 N–H and O–H groups in total. The quantitative estimate of drug-likeness (QED) is 0.901. The van der Waals surface area contributed by atoms with Crippen molar-refractivity contribution >= 4 is 11.9 Å². The van der Waals surface area contributed by atoms with Gasteiger partial charge in [0.25, 0.3) is 5.91 Å². The van der Waals surface area contributed by atoms with Crippen molar-refractivity contribution < 1.29 is 14.7 Å². The van der Waals surface area contributed by atoms with E-state index in [0.717, 1.165) is 30.1 Å². The molecule has 5 nitrogen and oxygen atoms in total. The van der Waals surface area contributed by atoms with Gasteiger partial charge in [0.2, 0.25) is 0 Å². The highest BCUT2D eigenvalue weighted by molar-refractivity contribution is 5.96. The van der Waals surface area contributed by atoms with E-state index in [9.17, 15) is 14.7 Å². The van der Waals surface area contributed by atoms with E-state index in [1.165, 1.54) is 19.3 Å². The van der Waals surface area contributed by atoms with Gasteiger partial charge in [0.05, 0.1) is 0 Å². The van der Waals surface area contributed by atoms with Crippen molar-refractivity contribution in [3.8, 4) is 0 Å². The van der Waals surface area contributed by atoms with E-state index in [-0.39, 0.29) is 11.8 Å². The number of hydrogen-bond donors (Lipinski definition) is 1. The monoisotopic (exact) mass is 356 g/mol. The Hall–Kier alpha value is -1.88. The third-order valence-corrected chi connectivity index (χ3v) is 6.75. The van der Waals surface area contributed by atoms with Crippen LogP contribution in [0.2, 0.25) is 0 Å². The predicted molar refractivity (Wildman–Crippen MR) is 99.2 cm³/mol. The van der Waals surface area contributed by atoms with Crippen molar-refractivity contribution in [3.05, 3.63) is 34.9 Å². The Labute approximate surface area is 155 Å². The van der Waals surface area contributed by atoms with E-state index >= 15 is 0 Å². The molecule has 1 aromatic rings. The van der Waals surface area contributed by atoms with Crippen molar-refractivity contribution in [3.63, 3.8) is 0 Å². The fraction of sp³-hybridized carbons (Fsp3) is 0.619. The van der Waals surface area contributed by atoms with Crippen molar-refractivity contribution in [1.29, 1.82) is 0 Å². The highest BCUT2D eigenvalue weighted by Crippen LogP contribution is 2.44. The van der Waals surface area contributed by atoms with Gasteiger partial charge in [0.1, 0.15) is 5.41 Å². The molecule has 1 amide bonds. The Kier molecular flexibility index (Phi) is 4.30. The number of carbonyl (C=O) groups excluding carboxylic acids is 1. The van der Waals surface area contributed by atoms with Crippen LogP contribution in [0, 0.1) is 31.1 Å². The predicted octanol–water partition coefficient (Wildman–Crippen LogP) is 2.56. The van der Waals surface area contributed by atoms with E-state index in [1.807, 2.05) is 32.0 Å². The normalized spacial score (nSPS) is 28.8. The summed E-state index contributed by atoms with van der Waals surface area (Å²) >= 11 is 0. The minimum absolute atomic E-state index is 0.0249. The van der Waals surface area contributed by atoms with Gasteiger partial charge in [0, 0.05) is 44.2 Å². The first kappa shape index (κ1) is 17.5. The van der Waals surface area contributed by atoms with Gasteiger partial charge in [-0.15, -0.1) is 0 Å². The molecule has 26 heavy (non-hydrogen) atoms. The van der Waals surface area contributed by atoms with Gasteiger partial charge in [-0.3, -0.25) is 9.59 Å². The van der Waals surface area contributed by atoms with Crippen LogP contribution in [-0.2, 0) is 4.79 Å². The molecule has 3 fully saturated rings. The summed E-state index contributed by atoms with van der Waals surface area (Å²) in [7, 11) is 0. The molecule has 5 heteroatoms. The highest BCUT2D eigenvalue weighted by Gasteiger charge is 2.58. The Morgan fingerprint density at radius 1 is 1.19 bits per heavy atom. The number of benzene rings is 1. The summed E-state index contributed by atoms with van der Waals surface area (Å²) in [5.41, 5.74) is 1.99. The van der Waals surface area contributed by atoms with Crippen molar-refractivity contribution in [1.82, 2.24) is 9.80 Å². The van der Waals surface area contributed by atoms with Crippen LogP contribution in [-0.4, -0.2) is 59.5 Å². The van der Waals surface area contributed by atoms with E-state index in [1.54, 1.807) is 4.90 Å². The number of carboxylic acids is 1. The number of rotatable bonds is 4. The van der Waals surface area contributed by atoms with E-state index < -0.39 is 11.4 Å². The maximum absolute atomic E-state index is 13.0. The molecular formula is C21H28N2O3. The number of nitrogens with zero attached hydrogens (tertiary/aromatic N) is 2. The minimum Gasteiger partial charge on any atom is -0.481 e. The first-order chi connectivity index (χ1) is 12.4. The van der Waals surface area contributed by atoms with E-state index in [4.69, 9.17) is 0 Å². The molecule has 0 spiro atoms. The van der Waals surface area contributed by atoms with Gasteiger partial charge in [-0.25, -0.2) is 0 Å². The molecule has 0 aromatic heterocycles. The van der Waals surface area contributed by atoms with Gasteiger partial charge >= 0.3 is 5.97 Å². The van der Waals surface area contributed by atoms with Crippen LogP contribution in [0.5, 0.6) is 0 Å². The van der Waals surface area contributed by atoms with E-state index in [0.29, 0.717) is 25.2 Å². The summed E-state index contributed by atoms with van der Waals surface area (Å²) in [4.78, 5) is 29.3. The number of aliphatic carboxylic acids is 1. The van der Waals surface area contributed by atoms with Crippen LogP contribution >= 0.6 is 0 Å². The van der Waals surface area contributed by atoms with Crippen molar-refractivity contribution in [2.24, 2.45) is 17.3 Å². The number of hydrogen-bond acceptors (Lipinski definition) is 3. The van der Waals surface area contributed by atoms with Gasteiger partial charge < -0.3 is 14.9 Å². The fourth-order valence-corrected chi connectivity index (χ4v) is 5.03. The number of likely N-dealkylation sites (tertiary alicyclic amines) is 2. The average molecular weight is 356 g/mol. The molecule has 2 saturated heterocycles. The molecule has 2 aliphatic heterocycles. The second kappa shape index (κ2) is 6.38. The zero-order valence-corrected chi connectivity index (χ0v) is 15.7. The third-order valence-electron chi connectivity index (χ3n) is 6.75. The van der Waals surface area contributed by atoms with Gasteiger partial charge in [-0.05, 0) is 44.2 Å². The molecule has 1 aromatic carbocycles. The molecule has 1 aliphatic carbocycles. The lowest BCUT2D eigenvalue weighted by Crippen LogP contribution is -2.43. The van der Waals surface area contributed by atoms with Crippen LogP contribution in [0.25, 0.3) is 0 Å². The van der Waals surface area contributed by atoms with Gasteiger partial charge in [-0.2, -0.15) is 0 Å². The third kappa shape index (κ3) is 2.82. The molecule has 0 radical (unpaired) electrons. The molecule has 140 valence electrons. The second-order valence-corrected chi connectivity index (χ2v) is 8.65. The smallest absolute Gasteiger partial charge is 0.313 e. The lowest BCUT2D eigenvalue weighted by atomic mass is 9.81. The summed E-state index contributed by atoms with van der Waals surface area (Å²) in [6.45, 7) is 7.26. The highest BCUT2D eigenvalue weighted by atomic mass is 16.4. The lowest BCUT2D eigenvalue weighted by molar-refractivity contribution is -0.148. The Balaban J connectivity index is 1.50. The molecule has 4 rings (SSSR count). The summed E-state index contributed by atoms with van der Waals surface area (Å²) < 4.78 is 0. The SMILES string of the molecule is Cc1ccc(C(=O)N2C[C@H]3CN(CC4CCC4)C[C@@]3(C(=O)O)C2)c(C)c1. The molecule has 1 saturated carbocycles. The van der Waals surface area contributed by atoms with Gasteiger partial charge in [0.15, 0.2) is 0 Å². The Morgan fingerprint density at radius 3 is 2.54 bits per heavy atom. The standard InChI is InChI=1S/C21H28N2O3/c1-14-6-7-18(15(2)8-14)19(24)23-11-17-10-22(9-16-4-3-5-16)12-21(17,13-23)20(25)26/h6-8,16-17H,3-5,9-13H2,1-2H3,(H,25,26)/t17-,21-/m1/s1. The number of fused-ring (bicyclic) bond motifs is 1. The Bertz CT molecular complexity index is 743. The fourth-order valence-electron chi connectivity index (χ4n) is 5.03. The molecule has 0 bridgehead atoms. The zero-order chi connectivity index (χ0) is 18.5. The lowest BCUT2D eigenvalue weighted by Gasteiger charge is -2.31. The number of carboxylic acid groups (broad SMARTS) is 1. The second-order valence-electron chi connectivity index (χ2n) is 8.65. The first-order valence-electron chi connectivity index (χ1n) is 9.71. The van der Waals surface area contributed by atoms with Crippen LogP contribution in [0.15, 0.2) is 18.2 Å². The summed E-state index contributed by atoms with van der Waals surface area (Å²) in [6.07, 6.45) is 3.86. The van der Waals surface area contributed by atoms with Crippen molar-refractivity contribution in [2.75, 3.05) is 32.7 Å². The maximum Gasteiger partial charge on any atom is 0.313 e. The molecule has 3 aliphatic rings. The average Bonchev–Trinajstić information content (AvgIpc) is 3.05. The topological polar surface area (TPSA) is 60.9 Å². The zero-order valence-electron chi connectivity index (χ0n) is 15.7. The van der Waals surface area contributed by atoms with Crippen LogP contribution in [0.3, 0.4) is 0 Å². The van der Waals surface area contributed by atoms with Crippen LogP contribution in [0.1, 0.15) is 40.7 Å².